The summed E-state index contributed by atoms with van der Waals surface area (Å²) in [4.78, 5) is 8.17. The number of hydrogen-bond donors (Lipinski definition) is 1. The van der Waals surface area contributed by atoms with Crippen LogP contribution in [0.1, 0.15) is 24.2 Å². The van der Waals surface area contributed by atoms with Gasteiger partial charge in [-0.1, -0.05) is 18.2 Å². The van der Waals surface area contributed by atoms with Crippen molar-refractivity contribution in [1.29, 1.82) is 0 Å². The minimum Gasteiger partial charge on any atom is -0.494 e. The monoisotopic (exact) mass is 259 g/mol. The molecule has 0 saturated carbocycles. The molecule has 0 bridgehead atoms. The number of ether oxygens (including phenoxy) is 2. The van der Waals surface area contributed by atoms with Crippen LogP contribution in [-0.4, -0.2) is 23.7 Å². The van der Waals surface area contributed by atoms with E-state index < -0.39 is 0 Å². The molecule has 0 aliphatic carbocycles. The van der Waals surface area contributed by atoms with Crippen molar-refractivity contribution in [2.45, 2.75) is 13.0 Å². The molecule has 1 unspecified atom stereocenters. The van der Waals surface area contributed by atoms with E-state index in [1.165, 1.54) is 6.33 Å². The lowest BCUT2D eigenvalue weighted by Crippen LogP contribution is -2.15. The molecular formula is C14H17N3O2. The first-order valence-corrected chi connectivity index (χ1v) is 6.09. The molecular weight excluding hydrogens is 242 g/mol. The summed E-state index contributed by atoms with van der Waals surface area (Å²) in [6.07, 6.45) is 1.44. The largest absolute Gasteiger partial charge is 0.494 e. The van der Waals surface area contributed by atoms with Gasteiger partial charge in [0.2, 0.25) is 5.88 Å². The standard InChI is InChI=1S/C14H17N3O2/c1-3-19-12-7-5-4-6-10(12)14(15)11-8-13(18-2)17-9-16-11/h4-9,14H,3,15H2,1-2H3. The molecule has 1 atom stereocenters. The van der Waals surface area contributed by atoms with Crippen LogP contribution in [0.4, 0.5) is 0 Å². The van der Waals surface area contributed by atoms with Crippen LogP contribution in [-0.2, 0) is 0 Å². The smallest absolute Gasteiger partial charge is 0.216 e. The zero-order valence-corrected chi connectivity index (χ0v) is 11.0. The van der Waals surface area contributed by atoms with Crippen molar-refractivity contribution < 1.29 is 9.47 Å². The predicted molar refractivity (Wildman–Crippen MR) is 72.2 cm³/mol. The number of benzene rings is 1. The zero-order chi connectivity index (χ0) is 13.7. The van der Waals surface area contributed by atoms with Crippen molar-refractivity contribution in [2.24, 2.45) is 5.73 Å². The Balaban J connectivity index is 2.35. The van der Waals surface area contributed by atoms with E-state index in [4.69, 9.17) is 15.2 Å². The van der Waals surface area contributed by atoms with E-state index in [0.29, 0.717) is 18.2 Å². The van der Waals surface area contributed by atoms with Gasteiger partial charge in [0.05, 0.1) is 25.5 Å². The first-order chi connectivity index (χ1) is 9.26. The molecule has 0 amide bonds. The van der Waals surface area contributed by atoms with Crippen LogP contribution in [0.3, 0.4) is 0 Å². The highest BCUT2D eigenvalue weighted by Crippen LogP contribution is 2.28. The number of aromatic nitrogens is 2. The molecule has 100 valence electrons. The fourth-order valence-corrected chi connectivity index (χ4v) is 1.82. The average molecular weight is 259 g/mol. The Morgan fingerprint density at radius 2 is 2.05 bits per heavy atom. The van der Waals surface area contributed by atoms with Crippen LogP contribution in [0.5, 0.6) is 11.6 Å². The molecule has 5 nitrogen and oxygen atoms in total. The van der Waals surface area contributed by atoms with Gasteiger partial charge in [0.25, 0.3) is 0 Å². The van der Waals surface area contributed by atoms with E-state index in [1.54, 1.807) is 13.2 Å². The van der Waals surface area contributed by atoms with Gasteiger partial charge >= 0.3 is 0 Å². The number of hydrogen-bond acceptors (Lipinski definition) is 5. The van der Waals surface area contributed by atoms with Crippen molar-refractivity contribution in [2.75, 3.05) is 13.7 Å². The van der Waals surface area contributed by atoms with Crippen LogP contribution in [0.2, 0.25) is 0 Å². The number of nitrogens with zero attached hydrogens (tertiary/aromatic N) is 2. The van der Waals surface area contributed by atoms with E-state index in [9.17, 15) is 0 Å². The summed E-state index contributed by atoms with van der Waals surface area (Å²) in [7, 11) is 1.56. The van der Waals surface area contributed by atoms with Gasteiger partial charge < -0.3 is 15.2 Å². The predicted octanol–water partition coefficient (Wildman–Crippen LogP) is 1.93. The van der Waals surface area contributed by atoms with Gasteiger partial charge in [0, 0.05) is 11.6 Å². The molecule has 0 radical (unpaired) electrons. The van der Waals surface area contributed by atoms with Gasteiger partial charge in [-0.25, -0.2) is 9.97 Å². The molecule has 0 spiro atoms. The quantitative estimate of drug-likeness (QED) is 0.888. The fraction of sp³-hybridized carbons (Fsp3) is 0.286. The Labute approximate surface area is 112 Å². The van der Waals surface area contributed by atoms with Crippen molar-refractivity contribution >= 4 is 0 Å². The Morgan fingerprint density at radius 1 is 1.26 bits per heavy atom. The number of methoxy groups -OCH3 is 1. The van der Waals surface area contributed by atoms with Crippen LogP contribution in [0.25, 0.3) is 0 Å². The summed E-state index contributed by atoms with van der Waals surface area (Å²) < 4.78 is 10.7. The lowest BCUT2D eigenvalue weighted by Gasteiger charge is -2.16. The summed E-state index contributed by atoms with van der Waals surface area (Å²) in [6, 6.07) is 9.03. The molecule has 1 heterocycles. The van der Waals surface area contributed by atoms with Gasteiger partial charge in [-0.15, -0.1) is 0 Å². The third kappa shape index (κ3) is 3.00. The average Bonchev–Trinajstić information content (AvgIpc) is 2.47. The maximum Gasteiger partial charge on any atom is 0.216 e. The van der Waals surface area contributed by atoms with E-state index in [0.717, 1.165) is 11.3 Å². The number of rotatable bonds is 5. The fourth-order valence-electron chi connectivity index (χ4n) is 1.82. The molecule has 0 aliphatic rings. The van der Waals surface area contributed by atoms with Gasteiger partial charge in [0.15, 0.2) is 0 Å². The molecule has 2 aromatic rings. The first kappa shape index (κ1) is 13.3. The summed E-state index contributed by atoms with van der Waals surface area (Å²) in [5, 5.41) is 0. The van der Waals surface area contributed by atoms with Crippen molar-refractivity contribution in [3.05, 3.63) is 47.9 Å². The third-order valence-electron chi connectivity index (χ3n) is 2.74. The van der Waals surface area contributed by atoms with Gasteiger partial charge in [-0.05, 0) is 13.0 Å². The van der Waals surface area contributed by atoms with Gasteiger partial charge in [0.1, 0.15) is 12.1 Å². The number of nitrogens with two attached hydrogens (primary N) is 1. The minimum atomic E-state index is -0.375. The van der Waals surface area contributed by atoms with Crippen molar-refractivity contribution in [3.63, 3.8) is 0 Å². The lowest BCUT2D eigenvalue weighted by atomic mass is 10.0. The molecule has 0 saturated heterocycles. The summed E-state index contributed by atoms with van der Waals surface area (Å²) >= 11 is 0. The Bertz CT molecular complexity index is 546. The SMILES string of the molecule is CCOc1ccccc1C(N)c1cc(OC)ncn1. The van der Waals surface area contributed by atoms with E-state index in [-0.39, 0.29) is 6.04 Å². The third-order valence-corrected chi connectivity index (χ3v) is 2.74. The van der Waals surface area contributed by atoms with Crippen LogP contribution < -0.4 is 15.2 Å². The topological polar surface area (TPSA) is 70.3 Å². The lowest BCUT2D eigenvalue weighted by molar-refractivity contribution is 0.335. The maximum absolute atomic E-state index is 6.25. The second-order valence-corrected chi connectivity index (χ2v) is 3.93. The molecule has 0 aliphatic heterocycles. The highest BCUT2D eigenvalue weighted by Gasteiger charge is 2.15. The summed E-state index contributed by atoms with van der Waals surface area (Å²) in [5.74, 6) is 1.27. The summed E-state index contributed by atoms with van der Waals surface area (Å²) in [5.41, 5.74) is 7.83. The highest BCUT2D eigenvalue weighted by atomic mass is 16.5. The molecule has 0 fully saturated rings. The molecule has 19 heavy (non-hydrogen) atoms. The molecule has 5 heteroatoms. The molecule has 1 aromatic carbocycles. The van der Waals surface area contributed by atoms with Crippen molar-refractivity contribution in [1.82, 2.24) is 9.97 Å². The van der Waals surface area contributed by atoms with E-state index >= 15 is 0 Å². The summed E-state index contributed by atoms with van der Waals surface area (Å²) in [6.45, 7) is 2.53. The Morgan fingerprint density at radius 3 is 2.79 bits per heavy atom. The van der Waals surface area contributed by atoms with Crippen LogP contribution in [0.15, 0.2) is 36.7 Å². The van der Waals surface area contributed by atoms with E-state index in [2.05, 4.69) is 9.97 Å². The van der Waals surface area contributed by atoms with Gasteiger partial charge in [-0.2, -0.15) is 0 Å². The molecule has 1 aromatic heterocycles. The second kappa shape index (κ2) is 6.15. The Kier molecular flexibility index (Phi) is 4.30. The Hall–Kier alpha value is -2.14. The maximum atomic E-state index is 6.25. The molecule has 2 rings (SSSR count). The first-order valence-electron chi connectivity index (χ1n) is 6.09. The van der Waals surface area contributed by atoms with Gasteiger partial charge in [-0.3, -0.25) is 0 Å². The number of para-hydroxylation sites is 1. The zero-order valence-electron chi connectivity index (χ0n) is 11.0. The minimum absolute atomic E-state index is 0.375. The second-order valence-electron chi connectivity index (χ2n) is 3.93. The van der Waals surface area contributed by atoms with E-state index in [1.807, 2.05) is 31.2 Å². The van der Waals surface area contributed by atoms with Crippen molar-refractivity contribution in [3.8, 4) is 11.6 Å². The van der Waals surface area contributed by atoms with Crippen LogP contribution in [0, 0.1) is 0 Å². The highest BCUT2D eigenvalue weighted by molar-refractivity contribution is 5.40. The van der Waals surface area contributed by atoms with Crippen LogP contribution >= 0.6 is 0 Å². The normalized spacial score (nSPS) is 11.9. The molecule has 2 N–H and O–H groups in total.